The van der Waals surface area contributed by atoms with E-state index in [0.29, 0.717) is 35.3 Å². The summed E-state index contributed by atoms with van der Waals surface area (Å²) >= 11 is -1.55. The lowest BCUT2D eigenvalue weighted by Gasteiger charge is -2.34. The molecule has 0 radical (unpaired) electrons. The van der Waals surface area contributed by atoms with Crippen molar-refractivity contribution in [3.8, 4) is 11.8 Å². The molecule has 1 aromatic heterocycles. The van der Waals surface area contributed by atoms with E-state index in [1.807, 2.05) is 25.2 Å². The van der Waals surface area contributed by atoms with Crippen LogP contribution in [0.2, 0.25) is 0 Å². The van der Waals surface area contributed by atoms with Gasteiger partial charge in [0.1, 0.15) is 0 Å². The Morgan fingerprint density at radius 1 is 1.19 bits per heavy atom. The average Bonchev–Trinajstić information content (AvgIpc) is 3.17. The van der Waals surface area contributed by atoms with Crippen molar-refractivity contribution in [1.82, 2.24) is 14.2 Å². The topological polar surface area (TPSA) is 106 Å². The number of carbonyl (C=O) groups is 1. The zero-order valence-corrected chi connectivity index (χ0v) is 19.0. The number of phenols is 1. The molecule has 1 saturated heterocycles. The van der Waals surface area contributed by atoms with Crippen LogP contribution in [0.4, 0.5) is 0 Å². The van der Waals surface area contributed by atoms with Gasteiger partial charge < -0.3 is 19.5 Å². The van der Waals surface area contributed by atoms with E-state index >= 15 is 0 Å². The van der Waals surface area contributed by atoms with Crippen LogP contribution < -0.4 is 0 Å². The number of nitrogens with zero attached hydrogens (tertiary/aromatic N) is 3. The van der Waals surface area contributed by atoms with Gasteiger partial charge in [-0.15, -0.1) is 4.31 Å². The summed E-state index contributed by atoms with van der Waals surface area (Å²) in [4.78, 5) is 19.4. The minimum absolute atomic E-state index is 0.0618. The molecule has 2 heterocycles. The molecular weight excluding hydrogens is 424 g/mol. The Labute approximate surface area is 189 Å². The van der Waals surface area contributed by atoms with Crippen LogP contribution >= 0.6 is 0 Å². The fourth-order valence-corrected chi connectivity index (χ4v) is 5.98. The van der Waals surface area contributed by atoms with Crippen LogP contribution in [0.5, 0.6) is 5.75 Å². The van der Waals surface area contributed by atoms with Gasteiger partial charge in [-0.3, -0.25) is 4.79 Å². The number of hydrogen-bond donors (Lipinski definition) is 2. The standard InChI is InChI=1S/C24H24N4O3S/c1-24(2)17-12-19(29)20(32(31)28-8-6-27(3)7-9-28)11-16(17)22(30)21-15-5-4-14(13-25)10-18(15)26-23(21)24/h4-5,10-12,26,29H,6-9H2,1-3H3. The third kappa shape index (κ3) is 3.05. The first-order chi connectivity index (χ1) is 15.2. The monoisotopic (exact) mass is 448 g/mol. The van der Waals surface area contributed by atoms with Gasteiger partial charge in [0.25, 0.3) is 0 Å². The van der Waals surface area contributed by atoms with Crippen LogP contribution in [-0.2, 0) is 16.8 Å². The molecule has 5 rings (SSSR count). The molecule has 0 bridgehead atoms. The number of phenolic OH excluding ortho intramolecular Hbond substituents is 1. The lowest BCUT2D eigenvalue weighted by Crippen LogP contribution is -2.47. The molecule has 0 amide bonds. The van der Waals surface area contributed by atoms with Gasteiger partial charge in [-0.25, -0.2) is 0 Å². The molecule has 1 fully saturated rings. The quantitative estimate of drug-likeness (QED) is 0.584. The second kappa shape index (κ2) is 7.36. The molecular formula is C24H24N4O3S. The Bertz CT molecular complexity index is 1300. The van der Waals surface area contributed by atoms with Crippen molar-refractivity contribution in [3.63, 3.8) is 0 Å². The molecule has 2 aliphatic rings. The Morgan fingerprint density at radius 2 is 1.91 bits per heavy atom. The molecule has 0 saturated carbocycles. The summed E-state index contributed by atoms with van der Waals surface area (Å²) < 4.78 is 15.1. The zero-order valence-electron chi connectivity index (χ0n) is 18.2. The number of piperazine rings is 1. The number of carbonyl (C=O) groups excluding carboxylic acids is 1. The molecule has 164 valence electrons. The van der Waals surface area contributed by atoms with Gasteiger partial charge in [-0.2, -0.15) is 5.26 Å². The number of benzene rings is 2. The predicted octanol–water partition coefficient (Wildman–Crippen LogP) is 2.89. The first kappa shape index (κ1) is 21.0. The molecule has 1 unspecified atom stereocenters. The van der Waals surface area contributed by atoms with E-state index in [1.165, 1.54) is 0 Å². The summed E-state index contributed by atoms with van der Waals surface area (Å²) in [6.45, 7) is 6.85. The molecule has 2 N–H and O–H groups in total. The van der Waals surface area contributed by atoms with E-state index in [1.54, 1.807) is 30.3 Å². The van der Waals surface area contributed by atoms with Gasteiger partial charge in [-0.1, -0.05) is 19.9 Å². The van der Waals surface area contributed by atoms with Gasteiger partial charge in [0.2, 0.25) is 4.90 Å². The molecule has 8 heteroatoms. The Balaban J connectivity index is 1.63. The van der Waals surface area contributed by atoms with E-state index in [-0.39, 0.29) is 16.4 Å². The summed E-state index contributed by atoms with van der Waals surface area (Å²) in [6.07, 6.45) is 0. The van der Waals surface area contributed by atoms with Gasteiger partial charge in [0.05, 0.1) is 41.6 Å². The first-order valence-corrected chi connectivity index (χ1v) is 11.7. The van der Waals surface area contributed by atoms with Crippen LogP contribution in [0.3, 0.4) is 0 Å². The largest absolute Gasteiger partial charge is 0.593 e. The van der Waals surface area contributed by atoms with Crippen LogP contribution in [0.1, 0.15) is 46.6 Å². The highest BCUT2D eigenvalue weighted by Gasteiger charge is 2.42. The highest BCUT2D eigenvalue weighted by Crippen LogP contribution is 2.46. The van der Waals surface area contributed by atoms with E-state index in [4.69, 9.17) is 0 Å². The fraction of sp³-hybridized carbons (Fsp3) is 0.333. The maximum Gasteiger partial charge on any atom is 0.216 e. The van der Waals surface area contributed by atoms with Crippen molar-refractivity contribution in [2.75, 3.05) is 33.2 Å². The van der Waals surface area contributed by atoms with Crippen molar-refractivity contribution in [2.45, 2.75) is 24.2 Å². The number of ketones is 1. The molecule has 32 heavy (non-hydrogen) atoms. The third-order valence-corrected chi connectivity index (χ3v) is 8.22. The third-order valence-electron chi connectivity index (χ3n) is 6.68. The normalized spacial score (nSPS) is 19.4. The van der Waals surface area contributed by atoms with Crippen molar-refractivity contribution in [2.24, 2.45) is 0 Å². The lowest BCUT2D eigenvalue weighted by molar-refractivity contribution is 0.103. The SMILES string of the molecule is CN1CCN([S+]([O-])c2cc3c(cc2O)C(C)(C)c2[nH]c4cc(C#N)ccc4c2C3=O)CC1. The Morgan fingerprint density at radius 3 is 2.59 bits per heavy atom. The second-order valence-electron chi connectivity index (χ2n) is 9.05. The number of rotatable bonds is 2. The Kier molecular flexibility index (Phi) is 4.84. The van der Waals surface area contributed by atoms with E-state index in [2.05, 4.69) is 16.0 Å². The molecule has 1 aliphatic carbocycles. The lowest BCUT2D eigenvalue weighted by atomic mass is 9.71. The molecule has 1 aliphatic heterocycles. The maximum atomic E-state index is 13.6. The number of H-pyrrole nitrogens is 1. The van der Waals surface area contributed by atoms with Crippen LogP contribution in [-0.4, -0.2) is 62.9 Å². The van der Waals surface area contributed by atoms with Crippen molar-refractivity contribution in [1.29, 1.82) is 5.26 Å². The Hall–Kier alpha value is -2.83. The molecule has 7 nitrogen and oxygen atoms in total. The number of fused-ring (bicyclic) bond motifs is 4. The highest BCUT2D eigenvalue weighted by atomic mass is 32.2. The smallest absolute Gasteiger partial charge is 0.216 e. The van der Waals surface area contributed by atoms with Gasteiger partial charge in [0.15, 0.2) is 11.5 Å². The zero-order chi connectivity index (χ0) is 22.8. The van der Waals surface area contributed by atoms with Crippen LogP contribution in [0.15, 0.2) is 35.2 Å². The summed E-state index contributed by atoms with van der Waals surface area (Å²) in [7, 11) is 2.02. The van der Waals surface area contributed by atoms with Gasteiger partial charge in [0, 0.05) is 46.7 Å². The number of likely N-dealkylation sites (N-methyl/N-ethyl adjacent to an activating group) is 1. The molecule has 0 spiro atoms. The summed E-state index contributed by atoms with van der Waals surface area (Å²) in [5.41, 5.74) is 3.14. The average molecular weight is 449 g/mol. The molecule has 2 aromatic carbocycles. The van der Waals surface area contributed by atoms with E-state index in [9.17, 15) is 19.7 Å². The summed E-state index contributed by atoms with van der Waals surface area (Å²) in [5.74, 6) is -0.227. The minimum atomic E-state index is -1.55. The first-order valence-electron chi connectivity index (χ1n) is 10.6. The molecule has 1 atom stereocenters. The van der Waals surface area contributed by atoms with E-state index in [0.717, 1.165) is 29.7 Å². The number of hydrogen-bond acceptors (Lipinski definition) is 6. The van der Waals surface area contributed by atoms with Crippen molar-refractivity contribution >= 4 is 28.0 Å². The predicted molar refractivity (Wildman–Crippen MR) is 122 cm³/mol. The van der Waals surface area contributed by atoms with Crippen LogP contribution in [0.25, 0.3) is 10.9 Å². The van der Waals surface area contributed by atoms with Crippen molar-refractivity contribution < 1.29 is 14.5 Å². The second-order valence-corrected chi connectivity index (χ2v) is 10.5. The van der Waals surface area contributed by atoms with Gasteiger partial charge >= 0.3 is 0 Å². The molecule has 3 aromatic rings. The number of aromatic hydroxyl groups is 1. The number of aromatic amines is 1. The maximum absolute atomic E-state index is 13.6. The van der Waals surface area contributed by atoms with Gasteiger partial charge in [-0.05, 0) is 30.8 Å². The number of nitrogens with one attached hydrogen (secondary N) is 1. The highest BCUT2D eigenvalue weighted by molar-refractivity contribution is 7.89. The summed E-state index contributed by atoms with van der Waals surface area (Å²) in [5, 5.41) is 20.8. The van der Waals surface area contributed by atoms with Crippen molar-refractivity contribution in [3.05, 3.63) is 58.3 Å². The minimum Gasteiger partial charge on any atom is -0.593 e. The number of nitriles is 1. The van der Waals surface area contributed by atoms with E-state index < -0.39 is 16.8 Å². The summed E-state index contributed by atoms with van der Waals surface area (Å²) in [6, 6.07) is 10.6. The fourth-order valence-electron chi connectivity index (χ4n) is 4.75. The number of aromatic nitrogens is 1. The van der Waals surface area contributed by atoms with Crippen LogP contribution in [0, 0.1) is 11.3 Å².